The van der Waals surface area contributed by atoms with Crippen LogP contribution in [0.1, 0.15) is 12.8 Å². The second-order valence-corrected chi connectivity index (χ2v) is 7.53. The predicted molar refractivity (Wildman–Crippen MR) is 119 cm³/mol. The Morgan fingerprint density at radius 2 is 1.85 bits per heavy atom. The number of aliphatic hydroxyl groups excluding tert-OH is 1. The molecular weight excluding hydrogens is 430 g/mol. The Kier molecular flexibility index (Phi) is 6.41. The second-order valence-electron chi connectivity index (χ2n) is 7.53. The number of aromatic nitrogens is 2. The monoisotopic (exact) mass is 453 g/mol. The smallest absolute Gasteiger partial charge is 0.415 e. The van der Waals surface area contributed by atoms with Gasteiger partial charge in [0, 0.05) is 36.9 Å². The molecule has 1 aliphatic heterocycles. The van der Waals surface area contributed by atoms with E-state index in [9.17, 15) is 24.6 Å². The normalized spacial score (nSPS) is 14.2. The molecule has 1 aliphatic rings. The highest BCUT2D eigenvalue weighted by Gasteiger charge is 2.27. The van der Waals surface area contributed by atoms with Crippen molar-refractivity contribution in [3.05, 3.63) is 48.8 Å². The number of hydrogen-bond donors (Lipinski definition) is 4. The highest BCUT2D eigenvalue weighted by molar-refractivity contribution is 5.93. The maximum absolute atomic E-state index is 12.4. The first kappa shape index (κ1) is 22.1. The molecule has 4 rings (SSSR count). The minimum atomic E-state index is -1.08. The van der Waals surface area contributed by atoms with E-state index in [1.807, 2.05) is 0 Å². The van der Waals surface area contributed by atoms with E-state index in [0.717, 1.165) is 17.4 Å². The zero-order valence-electron chi connectivity index (χ0n) is 17.6. The van der Waals surface area contributed by atoms with E-state index in [1.54, 1.807) is 35.2 Å². The number of fused-ring (bicyclic) bond motifs is 1. The number of nitrogens with zero attached hydrogens (tertiary/aromatic N) is 3. The highest BCUT2D eigenvalue weighted by atomic mass is 16.5. The fourth-order valence-electron chi connectivity index (χ4n) is 3.68. The van der Waals surface area contributed by atoms with Crippen LogP contribution in [0.25, 0.3) is 10.9 Å². The number of rotatable bonds is 6. The Labute approximate surface area is 188 Å². The van der Waals surface area contributed by atoms with E-state index in [2.05, 4.69) is 15.6 Å². The first-order chi connectivity index (χ1) is 15.9. The Bertz CT molecular complexity index is 1190. The lowest BCUT2D eigenvalue weighted by Gasteiger charge is -2.22. The summed E-state index contributed by atoms with van der Waals surface area (Å²) in [6.07, 6.45) is 3.64. The third-order valence-corrected chi connectivity index (χ3v) is 5.28. The summed E-state index contributed by atoms with van der Waals surface area (Å²) in [7, 11) is 0. The van der Waals surface area contributed by atoms with Crippen molar-refractivity contribution in [2.75, 3.05) is 25.0 Å². The SMILES string of the molecule is O=C(Nc1cc(Oc2ccc3c(ccn3C(=O)O)c2)ccn1)N[C@@H](CO)C(=O)N1CCCC1. The third-order valence-electron chi connectivity index (χ3n) is 5.28. The van der Waals surface area contributed by atoms with Crippen LogP contribution in [0, 0.1) is 0 Å². The van der Waals surface area contributed by atoms with Gasteiger partial charge in [0.25, 0.3) is 0 Å². The molecular formula is C22H23N5O6. The Morgan fingerprint density at radius 3 is 2.58 bits per heavy atom. The number of pyridine rings is 1. The van der Waals surface area contributed by atoms with Gasteiger partial charge in [0.1, 0.15) is 23.4 Å². The van der Waals surface area contributed by atoms with Crippen molar-refractivity contribution in [2.45, 2.75) is 18.9 Å². The molecule has 4 N–H and O–H groups in total. The van der Waals surface area contributed by atoms with Gasteiger partial charge in [-0.15, -0.1) is 0 Å². The summed E-state index contributed by atoms with van der Waals surface area (Å²) in [4.78, 5) is 41.7. The number of ether oxygens (including phenoxy) is 1. The Hall–Kier alpha value is -4.12. The van der Waals surface area contributed by atoms with Gasteiger partial charge in [-0.2, -0.15) is 0 Å². The summed E-state index contributed by atoms with van der Waals surface area (Å²) in [5, 5.41) is 24.4. The van der Waals surface area contributed by atoms with Gasteiger partial charge in [0.15, 0.2) is 0 Å². The van der Waals surface area contributed by atoms with E-state index >= 15 is 0 Å². The van der Waals surface area contributed by atoms with E-state index in [-0.39, 0.29) is 11.7 Å². The Morgan fingerprint density at radius 1 is 1.09 bits per heavy atom. The highest BCUT2D eigenvalue weighted by Crippen LogP contribution is 2.27. The molecule has 11 heteroatoms. The van der Waals surface area contributed by atoms with Crippen LogP contribution < -0.4 is 15.4 Å². The molecule has 1 aromatic carbocycles. The van der Waals surface area contributed by atoms with Crippen LogP contribution in [0.5, 0.6) is 11.5 Å². The summed E-state index contributed by atoms with van der Waals surface area (Å²) >= 11 is 0. The van der Waals surface area contributed by atoms with Gasteiger partial charge in [-0.1, -0.05) is 0 Å². The summed E-state index contributed by atoms with van der Waals surface area (Å²) in [5.74, 6) is 0.740. The largest absolute Gasteiger partial charge is 0.464 e. The van der Waals surface area contributed by atoms with Gasteiger partial charge in [-0.3, -0.25) is 14.7 Å². The van der Waals surface area contributed by atoms with Crippen LogP contribution >= 0.6 is 0 Å². The molecule has 0 aliphatic carbocycles. The number of anilines is 1. The number of aliphatic hydroxyl groups is 1. The third kappa shape index (κ3) is 5.04. The predicted octanol–water partition coefficient (Wildman–Crippen LogP) is 2.46. The van der Waals surface area contributed by atoms with Crippen LogP contribution in [0.2, 0.25) is 0 Å². The van der Waals surface area contributed by atoms with Crippen molar-refractivity contribution in [3.8, 4) is 11.5 Å². The summed E-state index contributed by atoms with van der Waals surface area (Å²) < 4.78 is 6.93. The van der Waals surface area contributed by atoms with Crippen molar-refractivity contribution in [3.63, 3.8) is 0 Å². The Balaban J connectivity index is 1.40. The van der Waals surface area contributed by atoms with E-state index in [4.69, 9.17) is 4.74 Å². The standard InChI is InChI=1S/C22H23N5O6/c28-13-17(20(29)26-8-1-2-9-26)24-21(30)25-19-12-16(5-7-23-19)33-15-3-4-18-14(11-15)6-10-27(18)22(31)32/h3-7,10-12,17,28H,1-2,8-9,13H2,(H,31,32)(H2,23,24,25,30)/t17-/m0/s1. The quantitative estimate of drug-likeness (QED) is 0.448. The van der Waals surface area contributed by atoms with E-state index in [1.165, 1.54) is 18.5 Å². The molecule has 3 aromatic rings. The molecule has 3 amide bonds. The van der Waals surface area contributed by atoms with Crippen molar-refractivity contribution < 1.29 is 29.3 Å². The number of nitrogens with one attached hydrogen (secondary N) is 2. The van der Waals surface area contributed by atoms with Crippen LogP contribution in [-0.2, 0) is 4.79 Å². The molecule has 0 radical (unpaired) electrons. The molecule has 172 valence electrons. The van der Waals surface area contributed by atoms with Gasteiger partial charge < -0.3 is 25.2 Å². The number of carbonyl (C=O) groups excluding carboxylic acids is 2. The maximum atomic E-state index is 12.4. The topological polar surface area (TPSA) is 146 Å². The molecule has 33 heavy (non-hydrogen) atoms. The second kappa shape index (κ2) is 9.57. The molecule has 11 nitrogen and oxygen atoms in total. The molecule has 1 saturated heterocycles. The lowest BCUT2D eigenvalue weighted by molar-refractivity contribution is -0.133. The number of benzene rings is 1. The first-order valence-electron chi connectivity index (χ1n) is 10.4. The van der Waals surface area contributed by atoms with Gasteiger partial charge in [0.2, 0.25) is 5.91 Å². The average Bonchev–Trinajstić information content (AvgIpc) is 3.47. The number of urea groups is 1. The maximum Gasteiger partial charge on any atom is 0.415 e. The fraction of sp³-hybridized carbons (Fsp3) is 0.273. The van der Waals surface area contributed by atoms with Gasteiger partial charge in [0.05, 0.1) is 12.1 Å². The van der Waals surface area contributed by atoms with Crippen LogP contribution in [0.4, 0.5) is 15.4 Å². The molecule has 1 atom stereocenters. The lowest BCUT2D eigenvalue weighted by atomic mass is 10.2. The van der Waals surface area contributed by atoms with Crippen molar-refractivity contribution >= 4 is 34.8 Å². The fourth-order valence-corrected chi connectivity index (χ4v) is 3.68. The molecule has 0 unspecified atom stereocenters. The molecule has 3 heterocycles. The van der Waals surface area contributed by atoms with Crippen LogP contribution in [0.15, 0.2) is 48.8 Å². The molecule has 0 saturated carbocycles. The number of hydrogen-bond acceptors (Lipinski definition) is 6. The molecule has 2 aromatic heterocycles. The van der Waals surface area contributed by atoms with E-state index < -0.39 is 24.8 Å². The zero-order chi connectivity index (χ0) is 23.4. The van der Waals surface area contributed by atoms with E-state index in [0.29, 0.717) is 35.5 Å². The minimum absolute atomic E-state index is 0.188. The van der Waals surface area contributed by atoms with Crippen molar-refractivity contribution in [1.82, 2.24) is 19.8 Å². The summed E-state index contributed by atoms with van der Waals surface area (Å²) in [6.45, 7) is 0.726. The zero-order valence-corrected chi connectivity index (χ0v) is 17.6. The van der Waals surface area contributed by atoms with Crippen molar-refractivity contribution in [2.24, 2.45) is 0 Å². The summed E-state index contributed by atoms with van der Waals surface area (Å²) in [5.41, 5.74) is 0.533. The summed E-state index contributed by atoms with van der Waals surface area (Å²) in [6, 6.07) is 8.03. The number of carbonyl (C=O) groups is 3. The average molecular weight is 453 g/mol. The lowest BCUT2D eigenvalue weighted by Crippen LogP contribution is -2.50. The van der Waals surface area contributed by atoms with Gasteiger partial charge in [-0.25, -0.2) is 14.6 Å². The van der Waals surface area contributed by atoms with Gasteiger partial charge in [-0.05, 0) is 43.2 Å². The molecule has 1 fully saturated rings. The number of likely N-dealkylation sites (tertiary alicyclic amines) is 1. The molecule has 0 bridgehead atoms. The van der Waals surface area contributed by atoms with Crippen molar-refractivity contribution in [1.29, 1.82) is 0 Å². The number of carboxylic acid groups (broad SMARTS) is 1. The van der Waals surface area contributed by atoms with Crippen LogP contribution in [0.3, 0.4) is 0 Å². The number of amides is 3. The minimum Gasteiger partial charge on any atom is -0.464 e. The van der Waals surface area contributed by atoms with Crippen LogP contribution in [-0.4, -0.2) is 68.4 Å². The molecule has 0 spiro atoms. The van der Waals surface area contributed by atoms with Gasteiger partial charge >= 0.3 is 12.1 Å². The first-order valence-corrected chi connectivity index (χ1v) is 10.4.